The Kier molecular flexibility index (Phi) is 5.10. The standard InChI is InChI=1S/C17H22FN5O/c18-15-6-2-1-5-14(15)16(22-7-3-4-8-22)10-20-17(24)12-23-11-13(19)9-21-23/h1-2,5-6,9,11,16H,3-4,7-8,10,12,19H2,(H,20,24)/t16-/m1/s1. The molecule has 0 bridgehead atoms. The fraction of sp³-hybridized carbons (Fsp3) is 0.412. The second-order valence-electron chi connectivity index (χ2n) is 6.06. The number of carbonyl (C=O) groups is 1. The van der Waals surface area contributed by atoms with Gasteiger partial charge in [-0.3, -0.25) is 14.4 Å². The first-order chi connectivity index (χ1) is 11.6. The van der Waals surface area contributed by atoms with Crippen LogP contribution in [0.2, 0.25) is 0 Å². The monoisotopic (exact) mass is 331 g/mol. The van der Waals surface area contributed by atoms with E-state index in [0.717, 1.165) is 25.9 Å². The highest BCUT2D eigenvalue weighted by Gasteiger charge is 2.26. The number of nitrogens with one attached hydrogen (secondary N) is 1. The van der Waals surface area contributed by atoms with E-state index < -0.39 is 0 Å². The van der Waals surface area contributed by atoms with E-state index in [4.69, 9.17) is 5.73 Å². The first kappa shape index (κ1) is 16.4. The molecule has 3 N–H and O–H groups in total. The van der Waals surface area contributed by atoms with Gasteiger partial charge in [-0.25, -0.2) is 4.39 Å². The van der Waals surface area contributed by atoms with E-state index in [1.165, 1.54) is 16.9 Å². The summed E-state index contributed by atoms with van der Waals surface area (Å²) in [7, 11) is 0. The normalized spacial score (nSPS) is 16.2. The predicted octanol–water partition coefficient (Wildman–Crippen LogP) is 1.56. The lowest BCUT2D eigenvalue weighted by atomic mass is 10.0. The number of nitrogens with two attached hydrogens (primary N) is 1. The predicted molar refractivity (Wildman–Crippen MR) is 89.6 cm³/mol. The Balaban J connectivity index is 1.65. The molecule has 0 spiro atoms. The average Bonchev–Trinajstić information content (AvgIpc) is 3.21. The maximum absolute atomic E-state index is 14.2. The number of benzene rings is 1. The van der Waals surface area contributed by atoms with Gasteiger partial charge < -0.3 is 11.1 Å². The van der Waals surface area contributed by atoms with Crippen LogP contribution in [0.5, 0.6) is 0 Å². The van der Waals surface area contributed by atoms with Crippen LogP contribution in [0.1, 0.15) is 24.4 Å². The molecule has 1 saturated heterocycles. The lowest BCUT2D eigenvalue weighted by Crippen LogP contribution is -2.38. The highest BCUT2D eigenvalue weighted by Crippen LogP contribution is 2.26. The van der Waals surface area contributed by atoms with Crippen LogP contribution in [0.25, 0.3) is 0 Å². The third-order valence-electron chi connectivity index (χ3n) is 4.30. The van der Waals surface area contributed by atoms with Crippen LogP contribution in [0.4, 0.5) is 10.1 Å². The molecular formula is C17H22FN5O. The summed E-state index contributed by atoms with van der Waals surface area (Å²) in [5, 5.41) is 6.89. The van der Waals surface area contributed by atoms with Gasteiger partial charge in [0.15, 0.2) is 0 Å². The Morgan fingerprint density at radius 1 is 1.33 bits per heavy atom. The second-order valence-corrected chi connectivity index (χ2v) is 6.06. The number of aromatic nitrogens is 2. The molecule has 1 aliphatic heterocycles. The van der Waals surface area contributed by atoms with Crippen LogP contribution in [0.3, 0.4) is 0 Å². The summed E-state index contributed by atoms with van der Waals surface area (Å²) in [5.41, 5.74) is 6.73. The lowest BCUT2D eigenvalue weighted by Gasteiger charge is -2.28. The zero-order chi connectivity index (χ0) is 16.9. The van der Waals surface area contributed by atoms with E-state index in [0.29, 0.717) is 17.8 Å². The fourth-order valence-corrected chi connectivity index (χ4v) is 3.11. The Morgan fingerprint density at radius 2 is 2.08 bits per heavy atom. The fourth-order valence-electron chi connectivity index (χ4n) is 3.11. The van der Waals surface area contributed by atoms with Crippen molar-refractivity contribution in [2.75, 3.05) is 25.4 Å². The lowest BCUT2D eigenvalue weighted by molar-refractivity contribution is -0.122. The second kappa shape index (κ2) is 7.44. The van der Waals surface area contributed by atoms with Crippen LogP contribution < -0.4 is 11.1 Å². The van der Waals surface area contributed by atoms with Gasteiger partial charge in [-0.15, -0.1) is 0 Å². The van der Waals surface area contributed by atoms with Crippen LogP contribution in [-0.4, -0.2) is 40.2 Å². The molecule has 1 fully saturated rings. The van der Waals surface area contributed by atoms with Crippen molar-refractivity contribution in [3.63, 3.8) is 0 Å². The Bertz CT molecular complexity index is 696. The molecule has 2 heterocycles. The van der Waals surface area contributed by atoms with E-state index in [-0.39, 0.29) is 24.3 Å². The minimum Gasteiger partial charge on any atom is -0.396 e. The third-order valence-corrected chi connectivity index (χ3v) is 4.30. The average molecular weight is 331 g/mol. The van der Waals surface area contributed by atoms with E-state index in [9.17, 15) is 9.18 Å². The van der Waals surface area contributed by atoms with Crippen molar-refractivity contribution in [1.82, 2.24) is 20.0 Å². The van der Waals surface area contributed by atoms with Crippen molar-refractivity contribution in [2.24, 2.45) is 0 Å². The zero-order valence-electron chi connectivity index (χ0n) is 13.5. The first-order valence-corrected chi connectivity index (χ1v) is 8.16. The van der Waals surface area contributed by atoms with Gasteiger partial charge in [0.25, 0.3) is 0 Å². The van der Waals surface area contributed by atoms with Crippen molar-refractivity contribution < 1.29 is 9.18 Å². The molecule has 0 saturated carbocycles. The van der Waals surface area contributed by atoms with Gasteiger partial charge in [-0.05, 0) is 32.0 Å². The topological polar surface area (TPSA) is 76.2 Å². The summed E-state index contributed by atoms with van der Waals surface area (Å²) >= 11 is 0. The number of rotatable bonds is 6. The largest absolute Gasteiger partial charge is 0.396 e. The van der Waals surface area contributed by atoms with E-state index in [1.54, 1.807) is 18.3 Å². The molecule has 128 valence electrons. The van der Waals surface area contributed by atoms with Crippen molar-refractivity contribution in [1.29, 1.82) is 0 Å². The number of hydrogen-bond acceptors (Lipinski definition) is 4. The summed E-state index contributed by atoms with van der Waals surface area (Å²) in [6, 6.07) is 6.61. The summed E-state index contributed by atoms with van der Waals surface area (Å²) in [4.78, 5) is 14.4. The van der Waals surface area contributed by atoms with Crippen molar-refractivity contribution in [2.45, 2.75) is 25.4 Å². The molecular weight excluding hydrogens is 309 g/mol. The summed E-state index contributed by atoms with van der Waals surface area (Å²) < 4.78 is 15.7. The van der Waals surface area contributed by atoms with E-state index >= 15 is 0 Å². The Morgan fingerprint density at radius 3 is 2.75 bits per heavy atom. The maximum Gasteiger partial charge on any atom is 0.241 e. The molecule has 1 aromatic carbocycles. The van der Waals surface area contributed by atoms with Gasteiger partial charge in [-0.2, -0.15) is 5.10 Å². The first-order valence-electron chi connectivity index (χ1n) is 8.16. The minimum absolute atomic E-state index is 0.0984. The number of carbonyl (C=O) groups excluding carboxylic acids is 1. The third kappa shape index (κ3) is 3.91. The molecule has 1 aliphatic rings. The summed E-state index contributed by atoms with van der Waals surface area (Å²) in [6.07, 6.45) is 5.31. The highest BCUT2D eigenvalue weighted by molar-refractivity contribution is 5.75. The van der Waals surface area contributed by atoms with Gasteiger partial charge >= 0.3 is 0 Å². The molecule has 0 radical (unpaired) electrons. The van der Waals surface area contributed by atoms with E-state index in [2.05, 4.69) is 15.3 Å². The van der Waals surface area contributed by atoms with Crippen LogP contribution in [0.15, 0.2) is 36.7 Å². The number of hydrogen-bond donors (Lipinski definition) is 2. The van der Waals surface area contributed by atoms with Gasteiger partial charge in [0.2, 0.25) is 5.91 Å². The number of anilines is 1. The molecule has 1 atom stereocenters. The van der Waals surface area contributed by atoms with E-state index in [1.807, 2.05) is 6.07 Å². The number of nitrogen functional groups attached to an aromatic ring is 1. The molecule has 24 heavy (non-hydrogen) atoms. The quantitative estimate of drug-likeness (QED) is 0.842. The van der Waals surface area contributed by atoms with Crippen LogP contribution in [-0.2, 0) is 11.3 Å². The van der Waals surface area contributed by atoms with Gasteiger partial charge in [0, 0.05) is 18.3 Å². The van der Waals surface area contributed by atoms with Gasteiger partial charge in [-0.1, -0.05) is 18.2 Å². The Hall–Kier alpha value is -2.41. The molecule has 6 nitrogen and oxygen atoms in total. The van der Waals surface area contributed by atoms with Crippen molar-refractivity contribution in [3.8, 4) is 0 Å². The maximum atomic E-state index is 14.2. The number of halogens is 1. The van der Waals surface area contributed by atoms with Gasteiger partial charge in [0.05, 0.1) is 17.9 Å². The Labute approximate surface area is 140 Å². The van der Waals surface area contributed by atoms with Crippen molar-refractivity contribution in [3.05, 3.63) is 48.0 Å². The summed E-state index contributed by atoms with van der Waals surface area (Å²) in [6.45, 7) is 2.31. The highest BCUT2D eigenvalue weighted by atomic mass is 19.1. The molecule has 0 aliphatic carbocycles. The molecule has 3 rings (SSSR count). The van der Waals surface area contributed by atoms with Gasteiger partial charge in [0.1, 0.15) is 12.4 Å². The number of likely N-dealkylation sites (tertiary alicyclic amines) is 1. The molecule has 1 aromatic heterocycles. The number of amides is 1. The molecule has 1 amide bonds. The smallest absolute Gasteiger partial charge is 0.241 e. The van der Waals surface area contributed by atoms with Crippen LogP contribution >= 0.6 is 0 Å². The molecule has 2 aromatic rings. The SMILES string of the molecule is Nc1cnn(CC(=O)NC[C@H](c2ccccc2F)N2CCCC2)c1. The zero-order valence-corrected chi connectivity index (χ0v) is 13.5. The molecule has 0 unspecified atom stereocenters. The van der Waals surface area contributed by atoms with Crippen molar-refractivity contribution >= 4 is 11.6 Å². The molecule has 7 heteroatoms. The van der Waals surface area contributed by atoms with Crippen LogP contribution in [0, 0.1) is 5.82 Å². The number of nitrogens with zero attached hydrogens (tertiary/aromatic N) is 3. The minimum atomic E-state index is -0.233. The summed E-state index contributed by atoms with van der Waals surface area (Å²) in [5.74, 6) is -0.401.